The van der Waals surface area contributed by atoms with Crippen LogP contribution in [0, 0.1) is 0 Å². The molecule has 1 nitrogen and oxygen atoms in total. The first-order valence-corrected chi connectivity index (χ1v) is 7.94. The Hall–Kier alpha value is -0.640. The molecular weight excluding hydrogens is 246 g/mol. The molecule has 0 aliphatic heterocycles. The molecule has 0 atom stereocenters. The minimum Gasteiger partial charge on any atom is -0.309 e. The van der Waals surface area contributed by atoms with Gasteiger partial charge < -0.3 is 5.32 Å². The molecule has 0 bridgehead atoms. The highest BCUT2D eigenvalue weighted by Crippen LogP contribution is 2.29. The molecule has 0 saturated carbocycles. The van der Waals surface area contributed by atoms with Crippen molar-refractivity contribution >= 4 is 22.7 Å². The van der Waals surface area contributed by atoms with Crippen LogP contribution in [-0.2, 0) is 6.54 Å². The zero-order valence-corrected chi connectivity index (χ0v) is 12.0. The van der Waals surface area contributed by atoms with E-state index in [0.717, 1.165) is 6.54 Å². The van der Waals surface area contributed by atoms with Gasteiger partial charge in [-0.2, -0.15) is 0 Å². The van der Waals surface area contributed by atoms with Crippen molar-refractivity contribution in [2.24, 2.45) is 0 Å². The van der Waals surface area contributed by atoms with Crippen LogP contribution < -0.4 is 5.32 Å². The smallest absolute Gasteiger partial charge is 0.0351 e. The summed E-state index contributed by atoms with van der Waals surface area (Å²) in [6, 6.07) is 7.26. The van der Waals surface area contributed by atoms with Crippen molar-refractivity contribution < 1.29 is 0 Å². The Labute approximate surface area is 112 Å². The lowest BCUT2D eigenvalue weighted by molar-refractivity contribution is 0.486. The molecule has 1 N–H and O–H groups in total. The van der Waals surface area contributed by atoms with Crippen LogP contribution in [0.15, 0.2) is 29.0 Å². The Morgan fingerprint density at radius 2 is 2.06 bits per heavy atom. The maximum absolute atomic E-state index is 3.61. The molecule has 0 aliphatic carbocycles. The Balaban J connectivity index is 1.95. The summed E-state index contributed by atoms with van der Waals surface area (Å²) in [6.07, 6.45) is 2.42. The van der Waals surface area contributed by atoms with Crippen LogP contribution in [0.25, 0.3) is 10.4 Å². The SMILES string of the molecule is CCC(CC)NCc1cc(-c2cccs2)cs1. The van der Waals surface area contributed by atoms with Gasteiger partial charge in [0.05, 0.1) is 0 Å². The highest BCUT2D eigenvalue weighted by molar-refractivity contribution is 7.14. The fraction of sp³-hybridized carbons (Fsp3) is 0.429. The van der Waals surface area contributed by atoms with E-state index < -0.39 is 0 Å². The average molecular weight is 265 g/mol. The van der Waals surface area contributed by atoms with Crippen molar-refractivity contribution in [3.63, 3.8) is 0 Å². The van der Waals surface area contributed by atoms with E-state index in [0.29, 0.717) is 6.04 Å². The van der Waals surface area contributed by atoms with Crippen LogP contribution in [0.2, 0.25) is 0 Å². The Kier molecular flexibility index (Phi) is 4.77. The molecule has 92 valence electrons. The van der Waals surface area contributed by atoms with E-state index in [1.807, 2.05) is 22.7 Å². The maximum Gasteiger partial charge on any atom is 0.0351 e. The van der Waals surface area contributed by atoms with E-state index in [1.165, 1.54) is 28.2 Å². The van der Waals surface area contributed by atoms with E-state index in [4.69, 9.17) is 0 Å². The molecular formula is C14H19NS2. The summed E-state index contributed by atoms with van der Waals surface area (Å²) in [7, 11) is 0. The fourth-order valence-corrected chi connectivity index (χ4v) is 3.49. The van der Waals surface area contributed by atoms with Gasteiger partial charge in [-0.05, 0) is 35.7 Å². The molecule has 2 heterocycles. The van der Waals surface area contributed by atoms with Crippen molar-refractivity contribution in [3.8, 4) is 10.4 Å². The van der Waals surface area contributed by atoms with Gasteiger partial charge in [0.15, 0.2) is 0 Å². The summed E-state index contributed by atoms with van der Waals surface area (Å²) < 4.78 is 0. The number of hydrogen-bond acceptors (Lipinski definition) is 3. The highest BCUT2D eigenvalue weighted by Gasteiger charge is 2.06. The lowest BCUT2D eigenvalue weighted by atomic mass is 10.2. The first kappa shape index (κ1) is 12.8. The molecule has 0 fully saturated rings. The Morgan fingerprint density at radius 1 is 1.24 bits per heavy atom. The molecule has 17 heavy (non-hydrogen) atoms. The van der Waals surface area contributed by atoms with E-state index in [9.17, 15) is 0 Å². The van der Waals surface area contributed by atoms with Crippen LogP contribution in [0.3, 0.4) is 0 Å². The van der Waals surface area contributed by atoms with Crippen molar-refractivity contribution in [1.29, 1.82) is 0 Å². The third kappa shape index (κ3) is 3.41. The lowest BCUT2D eigenvalue weighted by Crippen LogP contribution is -2.26. The number of thiophene rings is 2. The topological polar surface area (TPSA) is 12.0 Å². The minimum absolute atomic E-state index is 0.655. The zero-order chi connectivity index (χ0) is 12.1. The van der Waals surface area contributed by atoms with Gasteiger partial charge in [0.1, 0.15) is 0 Å². The monoisotopic (exact) mass is 265 g/mol. The second-order valence-corrected chi connectivity index (χ2v) is 6.12. The van der Waals surface area contributed by atoms with Crippen LogP contribution in [-0.4, -0.2) is 6.04 Å². The van der Waals surface area contributed by atoms with Crippen molar-refractivity contribution in [2.45, 2.75) is 39.3 Å². The molecule has 2 rings (SSSR count). The summed E-state index contributed by atoms with van der Waals surface area (Å²) in [5, 5.41) is 8.00. The molecule has 0 aromatic carbocycles. The molecule has 3 heteroatoms. The zero-order valence-electron chi connectivity index (χ0n) is 10.4. The highest BCUT2D eigenvalue weighted by atomic mass is 32.1. The molecule has 0 spiro atoms. The first-order valence-electron chi connectivity index (χ1n) is 6.18. The van der Waals surface area contributed by atoms with E-state index in [1.54, 1.807) is 0 Å². The molecule has 0 radical (unpaired) electrons. The van der Waals surface area contributed by atoms with Gasteiger partial charge in [-0.1, -0.05) is 19.9 Å². The second-order valence-electron chi connectivity index (χ2n) is 4.17. The molecule has 2 aromatic heterocycles. The van der Waals surface area contributed by atoms with Gasteiger partial charge in [-0.25, -0.2) is 0 Å². The predicted octanol–water partition coefficient (Wildman–Crippen LogP) is 4.75. The average Bonchev–Trinajstić information content (AvgIpc) is 3.01. The van der Waals surface area contributed by atoms with Gasteiger partial charge in [0.2, 0.25) is 0 Å². The molecule has 0 aliphatic rings. The summed E-state index contributed by atoms with van der Waals surface area (Å²) in [4.78, 5) is 2.80. The summed E-state index contributed by atoms with van der Waals surface area (Å²) in [5.74, 6) is 0. The molecule has 0 unspecified atom stereocenters. The first-order chi connectivity index (χ1) is 8.33. The van der Waals surface area contributed by atoms with Crippen LogP contribution in [0.5, 0.6) is 0 Å². The minimum atomic E-state index is 0.655. The van der Waals surface area contributed by atoms with E-state index in [-0.39, 0.29) is 0 Å². The van der Waals surface area contributed by atoms with Crippen LogP contribution >= 0.6 is 22.7 Å². The van der Waals surface area contributed by atoms with E-state index in [2.05, 4.69) is 48.1 Å². The van der Waals surface area contributed by atoms with Gasteiger partial charge in [0, 0.05) is 27.9 Å². The third-order valence-corrected chi connectivity index (χ3v) is 4.87. The molecule has 0 amide bonds. The van der Waals surface area contributed by atoms with Crippen molar-refractivity contribution in [1.82, 2.24) is 5.32 Å². The predicted molar refractivity (Wildman–Crippen MR) is 78.8 cm³/mol. The van der Waals surface area contributed by atoms with Crippen LogP contribution in [0.1, 0.15) is 31.6 Å². The van der Waals surface area contributed by atoms with Crippen molar-refractivity contribution in [3.05, 3.63) is 33.8 Å². The van der Waals surface area contributed by atoms with Gasteiger partial charge in [0.25, 0.3) is 0 Å². The summed E-state index contributed by atoms with van der Waals surface area (Å²) in [5.41, 5.74) is 1.37. The number of nitrogens with one attached hydrogen (secondary N) is 1. The number of rotatable bonds is 6. The van der Waals surface area contributed by atoms with E-state index >= 15 is 0 Å². The standard InChI is InChI=1S/C14H19NS2/c1-3-12(4-2)15-9-13-8-11(10-17-13)14-6-5-7-16-14/h5-8,10,12,15H,3-4,9H2,1-2H3. The van der Waals surface area contributed by atoms with Crippen molar-refractivity contribution in [2.75, 3.05) is 0 Å². The number of hydrogen-bond donors (Lipinski definition) is 1. The molecule has 2 aromatic rings. The quantitative estimate of drug-likeness (QED) is 0.794. The second kappa shape index (κ2) is 6.34. The maximum atomic E-state index is 3.61. The normalized spacial score (nSPS) is 11.2. The largest absolute Gasteiger partial charge is 0.309 e. The Morgan fingerprint density at radius 3 is 2.71 bits per heavy atom. The fourth-order valence-electron chi connectivity index (χ4n) is 1.87. The summed E-state index contributed by atoms with van der Waals surface area (Å²) >= 11 is 3.66. The lowest BCUT2D eigenvalue weighted by Gasteiger charge is -2.13. The summed E-state index contributed by atoms with van der Waals surface area (Å²) in [6.45, 7) is 5.49. The molecule has 0 saturated heterocycles. The van der Waals surface area contributed by atoms with Gasteiger partial charge >= 0.3 is 0 Å². The van der Waals surface area contributed by atoms with Gasteiger partial charge in [-0.15, -0.1) is 22.7 Å². The van der Waals surface area contributed by atoms with Crippen LogP contribution in [0.4, 0.5) is 0 Å². The Bertz CT molecular complexity index is 427. The third-order valence-electron chi connectivity index (χ3n) is 3.01. The van der Waals surface area contributed by atoms with Gasteiger partial charge in [-0.3, -0.25) is 0 Å².